The first-order valence-electron chi connectivity index (χ1n) is 11.8. The van der Waals surface area contributed by atoms with Gasteiger partial charge in [-0.25, -0.2) is 0 Å². The third-order valence-electron chi connectivity index (χ3n) is 7.02. The topological polar surface area (TPSA) is 0 Å². The van der Waals surface area contributed by atoms with Gasteiger partial charge in [-0.1, -0.05) is 71.6 Å². The van der Waals surface area contributed by atoms with Gasteiger partial charge in [0.2, 0.25) is 6.71 Å². The summed E-state index contributed by atoms with van der Waals surface area (Å²) in [7, 11) is 0. The number of halogens is 9. The lowest BCUT2D eigenvalue weighted by Crippen LogP contribution is -2.43. The van der Waals surface area contributed by atoms with E-state index in [2.05, 4.69) is 0 Å². The lowest BCUT2D eigenvalue weighted by molar-refractivity contribution is -0.147. The van der Waals surface area contributed by atoms with Crippen LogP contribution in [0.5, 0.6) is 0 Å². The van der Waals surface area contributed by atoms with Crippen molar-refractivity contribution in [3.8, 4) is 0 Å². The number of benzene rings is 3. The normalized spacial score (nSPS) is 16.5. The molecule has 1 saturated carbocycles. The van der Waals surface area contributed by atoms with Gasteiger partial charge in [0.05, 0.1) is 16.7 Å². The van der Waals surface area contributed by atoms with Gasteiger partial charge in [0.25, 0.3) is 0 Å². The molecule has 2 aliphatic rings. The average molecular weight is 536 g/mol. The Labute approximate surface area is 212 Å². The second kappa shape index (κ2) is 9.10. The Morgan fingerprint density at radius 3 is 1.26 bits per heavy atom. The lowest BCUT2D eigenvalue weighted by atomic mass is 9.33. The highest BCUT2D eigenvalue weighted by molar-refractivity contribution is 7.05. The van der Waals surface area contributed by atoms with Crippen molar-refractivity contribution in [3.05, 3.63) is 112 Å². The van der Waals surface area contributed by atoms with Crippen molar-refractivity contribution < 1.29 is 39.5 Å². The van der Waals surface area contributed by atoms with Gasteiger partial charge in [0.15, 0.2) is 0 Å². The monoisotopic (exact) mass is 536 g/mol. The summed E-state index contributed by atoms with van der Waals surface area (Å²) in [6.07, 6.45) is -14.8. The highest BCUT2D eigenvalue weighted by Crippen LogP contribution is 2.51. The Morgan fingerprint density at radius 2 is 0.921 bits per heavy atom. The zero-order chi connectivity index (χ0) is 27.5. The van der Waals surface area contributed by atoms with E-state index < -0.39 is 47.4 Å². The fourth-order valence-corrected chi connectivity index (χ4v) is 5.63. The van der Waals surface area contributed by atoms with E-state index in [1.807, 2.05) is 0 Å². The Kier molecular flexibility index (Phi) is 6.27. The van der Waals surface area contributed by atoms with Crippen LogP contribution in [0, 0.1) is 0 Å². The molecular weight excluding hydrogens is 518 g/mol. The highest BCUT2D eigenvalue weighted by Gasteiger charge is 2.51. The van der Waals surface area contributed by atoms with E-state index in [1.165, 1.54) is 0 Å². The van der Waals surface area contributed by atoms with Crippen LogP contribution in [-0.2, 0) is 18.5 Å². The van der Waals surface area contributed by atoms with Gasteiger partial charge in [0, 0.05) is 0 Å². The van der Waals surface area contributed by atoms with Crippen molar-refractivity contribution in [2.24, 2.45) is 0 Å². The fraction of sp³-hybridized carbons (Fsp3) is 0.214. The summed E-state index contributed by atoms with van der Waals surface area (Å²) in [4.78, 5) is 0. The van der Waals surface area contributed by atoms with Crippen molar-refractivity contribution in [2.45, 2.75) is 37.8 Å². The molecule has 1 aliphatic carbocycles. The van der Waals surface area contributed by atoms with E-state index in [0.717, 1.165) is 0 Å². The molecule has 0 nitrogen and oxygen atoms in total. The number of hydrogen-bond acceptors (Lipinski definition) is 0. The van der Waals surface area contributed by atoms with Crippen molar-refractivity contribution >= 4 is 23.1 Å². The van der Waals surface area contributed by atoms with Gasteiger partial charge in [0.1, 0.15) is 0 Å². The van der Waals surface area contributed by atoms with Gasteiger partial charge in [-0.15, -0.1) is 0 Å². The molecule has 38 heavy (non-hydrogen) atoms. The second-order valence-electron chi connectivity index (χ2n) is 9.28. The SMILES string of the molecule is FC(F)(F)c1cc(C(F)(F)F)c(B2C(c3ccccc3)=C3CCCC3=C2c2ccccc2)c(C(F)(F)F)c1. The predicted molar refractivity (Wildman–Crippen MR) is 127 cm³/mol. The van der Waals surface area contributed by atoms with Gasteiger partial charge in [-0.2, -0.15) is 39.5 Å². The van der Waals surface area contributed by atoms with Crippen molar-refractivity contribution in [3.63, 3.8) is 0 Å². The van der Waals surface area contributed by atoms with Crippen LogP contribution in [0.3, 0.4) is 0 Å². The molecule has 0 bridgehead atoms. The van der Waals surface area contributed by atoms with Crippen LogP contribution in [-0.4, -0.2) is 6.71 Å². The van der Waals surface area contributed by atoms with Crippen LogP contribution in [0.4, 0.5) is 39.5 Å². The lowest BCUT2D eigenvalue weighted by Gasteiger charge is -2.27. The molecule has 0 amide bonds. The zero-order valence-electron chi connectivity index (χ0n) is 19.5. The van der Waals surface area contributed by atoms with Crippen LogP contribution in [0.2, 0.25) is 0 Å². The van der Waals surface area contributed by atoms with Gasteiger partial charge in [-0.05, 0) is 59.1 Å². The number of rotatable bonds is 3. The molecule has 3 aromatic rings. The zero-order valence-corrected chi connectivity index (χ0v) is 19.5. The van der Waals surface area contributed by atoms with Gasteiger partial charge < -0.3 is 0 Å². The van der Waals surface area contributed by atoms with Crippen LogP contribution >= 0.6 is 0 Å². The summed E-state index contributed by atoms with van der Waals surface area (Å²) in [6.45, 7) is -1.57. The Balaban J connectivity index is 1.93. The Morgan fingerprint density at radius 1 is 0.526 bits per heavy atom. The molecule has 1 aliphatic heterocycles. The number of hydrogen-bond donors (Lipinski definition) is 0. The van der Waals surface area contributed by atoms with Gasteiger partial charge >= 0.3 is 18.5 Å². The number of allylic oxidation sites excluding steroid dienone is 2. The molecule has 1 heterocycles. The molecular formula is C28H18BF9. The number of fused-ring (bicyclic) bond motifs is 1. The molecule has 3 aromatic carbocycles. The average Bonchev–Trinajstić information content (AvgIpc) is 3.43. The Hall–Kier alpha value is -3.43. The smallest absolute Gasteiger partial charge is 0.166 e. The summed E-state index contributed by atoms with van der Waals surface area (Å²) in [5.41, 5.74) is -4.37. The minimum absolute atomic E-state index is 0.195. The minimum Gasteiger partial charge on any atom is -0.166 e. The first-order chi connectivity index (χ1) is 17.8. The quantitative estimate of drug-likeness (QED) is 0.232. The molecule has 196 valence electrons. The van der Waals surface area contributed by atoms with Crippen LogP contribution in [0.15, 0.2) is 83.9 Å². The van der Waals surface area contributed by atoms with E-state index in [-0.39, 0.29) is 23.1 Å². The molecule has 0 aromatic heterocycles. The molecule has 0 spiro atoms. The summed E-state index contributed by atoms with van der Waals surface area (Å²) in [5.74, 6) is 0. The van der Waals surface area contributed by atoms with E-state index in [4.69, 9.17) is 0 Å². The first kappa shape index (κ1) is 26.2. The standard InChI is InChI=1S/C28H18BF9/c30-26(31,32)18-14-21(27(33,34)35)25(22(15-18)28(36,37)38)29-23(16-8-3-1-4-9-16)19-12-7-13-20(19)24(29)17-10-5-2-6-11-17/h1-6,8-11,14-15H,7,12-13H2. The van der Waals surface area contributed by atoms with E-state index in [9.17, 15) is 39.5 Å². The van der Waals surface area contributed by atoms with Crippen molar-refractivity contribution in [1.29, 1.82) is 0 Å². The number of alkyl halides is 9. The molecule has 0 radical (unpaired) electrons. The van der Waals surface area contributed by atoms with E-state index in [1.54, 1.807) is 60.7 Å². The predicted octanol–water partition coefficient (Wildman–Crippen LogP) is 8.63. The third kappa shape index (κ3) is 4.54. The molecule has 0 saturated heterocycles. The summed E-state index contributed by atoms with van der Waals surface area (Å²) < 4.78 is 127. The first-order valence-corrected chi connectivity index (χ1v) is 11.8. The molecule has 10 heteroatoms. The maximum atomic E-state index is 14.4. The summed E-state index contributed by atoms with van der Waals surface area (Å²) >= 11 is 0. The summed E-state index contributed by atoms with van der Waals surface area (Å²) in [6, 6.07) is 15.8. The molecule has 1 fully saturated rings. The highest BCUT2D eigenvalue weighted by atomic mass is 19.4. The van der Waals surface area contributed by atoms with Crippen LogP contribution in [0.1, 0.15) is 47.1 Å². The molecule has 0 atom stereocenters. The molecule has 0 unspecified atom stereocenters. The minimum atomic E-state index is -5.48. The van der Waals surface area contributed by atoms with E-state index in [0.29, 0.717) is 41.5 Å². The fourth-order valence-electron chi connectivity index (χ4n) is 5.63. The second-order valence-corrected chi connectivity index (χ2v) is 9.28. The maximum Gasteiger partial charge on any atom is 0.416 e. The van der Waals surface area contributed by atoms with E-state index >= 15 is 0 Å². The summed E-state index contributed by atoms with van der Waals surface area (Å²) in [5, 5.41) is 0. The molecule has 0 N–H and O–H groups in total. The van der Waals surface area contributed by atoms with Gasteiger partial charge in [-0.3, -0.25) is 0 Å². The Bertz CT molecular complexity index is 1330. The van der Waals surface area contributed by atoms with Crippen LogP contribution < -0.4 is 5.46 Å². The maximum absolute atomic E-state index is 14.4. The molecule has 5 rings (SSSR count). The largest absolute Gasteiger partial charge is 0.416 e. The van der Waals surface area contributed by atoms with Crippen molar-refractivity contribution in [1.82, 2.24) is 0 Å². The van der Waals surface area contributed by atoms with Crippen molar-refractivity contribution in [2.75, 3.05) is 0 Å². The van der Waals surface area contributed by atoms with Crippen LogP contribution in [0.25, 0.3) is 10.9 Å². The third-order valence-corrected chi connectivity index (χ3v) is 7.02.